The van der Waals surface area contributed by atoms with E-state index in [1.54, 1.807) is 0 Å². The summed E-state index contributed by atoms with van der Waals surface area (Å²) in [5.74, 6) is -3.94. The summed E-state index contributed by atoms with van der Waals surface area (Å²) in [5, 5.41) is 62.9. The third kappa shape index (κ3) is 5.83. The van der Waals surface area contributed by atoms with E-state index in [1.807, 2.05) is 0 Å². The minimum Gasteiger partial charge on any atom is -0.394 e. The zero-order chi connectivity index (χ0) is 24.3. The van der Waals surface area contributed by atoms with Crippen LogP contribution in [-0.4, -0.2) is 66.8 Å². The molecule has 0 aliphatic carbocycles. The fourth-order valence-electron chi connectivity index (χ4n) is 3.78. The van der Waals surface area contributed by atoms with E-state index in [1.165, 1.54) is 6.92 Å². The van der Waals surface area contributed by atoms with Gasteiger partial charge in [-0.25, -0.2) is 17.6 Å². The molecule has 0 radical (unpaired) electrons. The maximum Gasteiger partial charge on any atom is 0.126 e. The number of rotatable bonds is 10. The van der Waals surface area contributed by atoms with Crippen molar-refractivity contribution in [3.8, 4) is 0 Å². The fourth-order valence-corrected chi connectivity index (χ4v) is 3.78. The molecule has 0 aromatic heterocycles. The molecule has 6 N–H and O–H groups in total. The van der Waals surface area contributed by atoms with Crippen molar-refractivity contribution in [2.75, 3.05) is 6.61 Å². The van der Waals surface area contributed by atoms with Gasteiger partial charge in [-0.15, -0.1) is 0 Å². The van der Waals surface area contributed by atoms with E-state index >= 15 is 0 Å². The number of aliphatic hydroxyl groups excluding tert-OH is 4. The molecule has 0 amide bonds. The average molecular weight is 462 g/mol. The molecule has 0 saturated carbocycles. The summed E-state index contributed by atoms with van der Waals surface area (Å²) in [5.41, 5.74) is -5.46. The molecule has 0 aliphatic rings. The molecule has 6 nitrogen and oxygen atoms in total. The van der Waals surface area contributed by atoms with Crippen LogP contribution in [0.3, 0.4) is 0 Å². The van der Waals surface area contributed by atoms with Crippen LogP contribution in [0.25, 0.3) is 0 Å². The molecule has 0 bridgehead atoms. The van der Waals surface area contributed by atoms with E-state index in [4.69, 9.17) is 0 Å². The van der Waals surface area contributed by atoms with Crippen LogP contribution in [-0.2, 0) is 12.8 Å². The molecule has 10 heteroatoms. The monoisotopic (exact) mass is 462 g/mol. The second-order valence-corrected chi connectivity index (χ2v) is 7.95. The van der Waals surface area contributed by atoms with Crippen LogP contribution in [0.15, 0.2) is 36.4 Å². The first-order valence-electron chi connectivity index (χ1n) is 9.84. The van der Waals surface area contributed by atoms with Gasteiger partial charge in [0, 0.05) is 25.0 Å². The topological polar surface area (TPSA) is 121 Å². The van der Waals surface area contributed by atoms with Crippen LogP contribution in [0.5, 0.6) is 0 Å². The van der Waals surface area contributed by atoms with Crippen molar-refractivity contribution in [2.24, 2.45) is 0 Å². The minimum absolute atomic E-state index is 0.0813. The molecular weight excluding hydrogens is 436 g/mol. The second-order valence-electron chi connectivity index (χ2n) is 7.95. The first-order chi connectivity index (χ1) is 14.8. The van der Waals surface area contributed by atoms with Gasteiger partial charge in [0.05, 0.1) is 12.2 Å². The van der Waals surface area contributed by atoms with Crippen molar-refractivity contribution in [1.29, 1.82) is 0 Å². The van der Waals surface area contributed by atoms with Gasteiger partial charge in [-0.2, -0.15) is 0 Å². The highest BCUT2D eigenvalue weighted by molar-refractivity contribution is 5.25. The van der Waals surface area contributed by atoms with E-state index in [0.29, 0.717) is 12.1 Å². The van der Waals surface area contributed by atoms with Crippen molar-refractivity contribution in [3.05, 3.63) is 70.8 Å². The molecule has 0 saturated heterocycles. The first-order valence-corrected chi connectivity index (χ1v) is 9.84. The summed E-state index contributed by atoms with van der Waals surface area (Å²) in [6.45, 7) is 0.337. The zero-order valence-corrected chi connectivity index (χ0v) is 17.2. The largest absolute Gasteiger partial charge is 0.394 e. The predicted molar refractivity (Wildman–Crippen MR) is 105 cm³/mol. The Hall–Kier alpha value is -2.08. The highest BCUT2D eigenvalue weighted by Crippen LogP contribution is 2.34. The molecule has 178 valence electrons. The number of benzene rings is 2. The third-order valence-electron chi connectivity index (χ3n) is 5.50. The molecule has 32 heavy (non-hydrogen) atoms. The quantitative estimate of drug-likeness (QED) is 0.293. The molecule has 2 aromatic carbocycles. The number of hydrogen-bond donors (Lipinski definition) is 6. The van der Waals surface area contributed by atoms with Crippen molar-refractivity contribution in [3.63, 3.8) is 0 Å². The van der Waals surface area contributed by atoms with E-state index in [0.717, 1.165) is 24.3 Å². The summed E-state index contributed by atoms with van der Waals surface area (Å²) >= 11 is 0. The normalized spacial score (nSPS) is 18.5. The molecule has 5 atom stereocenters. The standard InChI is InChI=1S/C22H26F4O6/c1-2-21(31,9-12-3-14(23)7-15(24)4-12)20(30)22(32,19(29)18(28)11-27)10-13-5-16(25)8-17(26)6-13/h3-8,18-20,27-32H,2,9-11H2,1H3/t18-,19+,20+,21?,22+/m0/s1. The van der Waals surface area contributed by atoms with E-state index in [-0.39, 0.29) is 17.5 Å². The fraction of sp³-hybridized carbons (Fsp3) is 0.455. The Morgan fingerprint density at radius 1 is 0.750 bits per heavy atom. The Morgan fingerprint density at radius 3 is 1.53 bits per heavy atom. The second kappa shape index (κ2) is 10.2. The predicted octanol–water partition coefficient (Wildman–Crippen LogP) is 0.975. The number of hydrogen-bond acceptors (Lipinski definition) is 6. The smallest absolute Gasteiger partial charge is 0.126 e. The van der Waals surface area contributed by atoms with E-state index in [2.05, 4.69) is 0 Å². The van der Waals surface area contributed by atoms with Gasteiger partial charge in [0.15, 0.2) is 0 Å². The lowest BCUT2D eigenvalue weighted by Gasteiger charge is -2.45. The Kier molecular flexibility index (Phi) is 8.38. The summed E-state index contributed by atoms with van der Waals surface area (Å²) in [6, 6.07) is 4.57. The van der Waals surface area contributed by atoms with Crippen molar-refractivity contribution >= 4 is 0 Å². The van der Waals surface area contributed by atoms with Crippen LogP contribution in [0.1, 0.15) is 24.5 Å². The third-order valence-corrected chi connectivity index (χ3v) is 5.50. The van der Waals surface area contributed by atoms with Gasteiger partial charge in [0.2, 0.25) is 0 Å². The van der Waals surface area contributed by atoms with Gasteiger partial charge < -0.3 is 30.6 Å². The molecular formula is C22H26F4O6. The minimum atomic E-state index is -2.83. The van der Waals surface area contributed by atoms with Crippen LogP contribution in [0, 0.1) is 23.3 Å². The van der Waals surface area contributed by atoms with Gasteiger partial charge in [-0.05, 0) is 41.8 Å². The van der Waals surface area contributed by atoms with Crippen molar-refractivity contribution < 1.29 is 48.2 Å². The van der Waals surface area contributed by atoms with Gasteiger partial charge >= 0.3 is 0 Å². The van der Waals surface area contributed by atoms with Gasteiger partial charge in [0.1, 0.15) is 47.2 Å². The van der Waals surface area contributed by atoms with E-state index < -0.39 is 72.2 Å². The highest BCUT2D eigenvalue weighted by atomic mass is 19.1. The zero-order valence-electron chi connectivity index (χ0n) is 17.2. The molecule has 0 spiro atoms. The van der Waals surface area contributed by atoms with Crippen LogP contribution in [0.4, 0.5) is 17.6 Å². The lowest BCUT2D eigenvalue weighted by Crippen LogP contribution is -2.66. The molecule has 2 aromatic rings. The summed E-state index contributed by atoms with van der Waals surface area (Å²) in [7, 11) is 0. The summed E-state index contributed by atoms with van der Waals surface area (Å²) < 4.78 is 54.4. The van der Waals surface area contributed by atoms with Crippen LogP contribution < -0.4 is 0 Å². The van der Waals surface area contributed by atoms with E-state index in [9.17, 15) is 48.2 Å². The van der Waals surface area contributed by atoms with Gasteiger partial charge in [-0.3, -0.25) is 0 Å². The lowest BCUT2D eigenvalue weighted by atomic mass is 9.72. The highest BCUT2D eigenvalue weighted by Gasteiger charge is 2.53. The first kappa shape index (κ1) is 26.2. The average Bonchev–Trinajstić information content (AvgIpc) is 2.70. The summed E-state index contributed by atoms with van der Waals surface area (Å²) in [4.78, 5) is 0. The summed E-state index contributed by atoms with van der Waals surface area (Å²) in [6.07, 6.45) is -8.30. The van der Waals surface area contributed by atoms with Crippen molar-refractivity contribution in [2.45, 2.75) is 55.7 Å². The molecule has 0 fully saturated rings. The lowest BCUT2D eigenvalue weighted by molar-refractivity contribution is -0.229. The SMILES string of the molecule is CCC(O)(Cc1cc(F)cc(F)c1)[C@@H](O)[C@@](O)(Cc1cc(F)cc(F)c1)[C@H](O)[C@@H](O)CO. The number of halogens is 4. The van der Waals surface area contributed by atoms with Gasteiger partial charge in [-0.1, -0.05) is 6.92 Å². The van der Waals surface area contributed by atoms with Crippen LogP contribution >= 0.6 is 0 Å². The Morgan fingerprint density at radius 2 is 1.16 bits per heavy atom. The number of aliphatic hydroxyl groups is 6. The van der Waals surface area contributed by atoms with Crippen molar-refractivity contribution in [1.82, 2.24) is 0 Å². The molecule has 0 aliphatic heterocycles. The Balaban J connectivity index is 2.51. The van der Waals surface area contributed by atoms with Gasteiger partial charge in [0.25, 0.3) is 0 Å². The molecule has 1 unspecified atom stereocenters. The maximum atomic E-state index is 13.6. The molecule has 0 heterocycles. The molecule has 2 rings (SSSR count). The maximum absolute atomic E-state index is 13.6. The Labute approximate surface area is 182 Å². The van der Waals surface area contributed by atoms with Crippen LogP contribution in [0.2, 0.25) is 0 Å². The Bertz CT molecular complexity index is 889.